The van der Waals surface area contributed by atoms with Crippen molar-refractivity contribution in [1.82, 2.24) is 4.98 Å². The zero-order chi connectivity index (χ0) is 11.4. The van der Waals surface area contributed by atoms with Crippen LogP contribution in [0.5, 0.6) is 0 Å². The number of nitrogens with one attached hydrogen (secondary N) is 1. The lowest BCUT2D eigenvalue weighted by molar-refractivity contribution is -0.114. The molecule has 1 aromatic heterocycles. The Labute approximate surface area is 91.4 Å². The molecule has 0 radical (unpaired) electrons. The second-order valence-corrected chi connectivity index (χ2v) is 3.11. The van der Waals surface area contributed by atoms with E-state index in [0.29, 0.717) is 0 Å². The maximum Gasteiger partial charge on any atom is 0.358 e. The normalized spacial score (nSPS) is 9.53. The summed E-state index contributed by atoms with van der Waals surface area (Å²) < 4.78 is 4.48. The monoisotopic (exact) mass is 228 g/mol. The quantitative estimate of drug-likeness (QED) is 0.779. The highest BCUT2D eigenvalue weighted by atomic mass is 35.5. The number of carbonyl (C=O) groups is 2. The molecule has 1 heterocycles. The van der Waals surface area contributed by atoms with E-state index >= 15 is 0 Å². The standard InChI is InChI=1S/C9H9ClN2O3/c1-5(13)11-7-4-3-6(10)8(12-7)9(14)15-2/h3-4H,1-2H3,(H,11,12,13). The van der Waals surface area contributed by atoms with Crippen LogP contribution in [0.25, 0.3) is 0 Å². The molecule has 0 unspecified atom stereocenters. The molecule has 0 atom stereocenters. The van der Waals surface area contributed by atoms with Gasteiger partial charge < -0.3 is 10.1 Å². The van der Waals surface area contributed by atoms with Crippen LogP contribution >= 0.6 is 11.6 Å². The van der Waals surface area contributed by atoms with Crippen LogP contribution in [0.4, 0.5) is 5.82 Å². The van der Waals surface area contributed by atoms with E-state index in [1.165, 1.54) is 26.2 Å². The molecule has 1 aromatic rings. The first-order valence-corrected chi connectivity index (χ1v) is 4.45. The Morgan fingerprint density at radius 3 is 2.67 bits per heavy atom. The van der Waals surface area contributed by atoms with Crippen molar-refractivity contribution in [3.05, 3.63) is 22.8 Å². The van der Waals surface area contributed by atoms with Gasteiger partial charge in [-0.25, -0.2) is 9.78 Å². The Hall–Kier alpha value is -1.62. The molecule has 5 nitrogen and oxygen atoms in total. The van der Waals surface area contributed by atoms with Crippen molar-refractivity contribution in [2.45, 2.75) is 6.92 Å². The summed E-state index contributed by atoms with van der Waals surface area (Å²) in [7, 11) is 1.23. The zero-order valence-corrected chi connectivity index (χ0v) is 8.96. The fourth-order valence-corrected chi connectivity index (χ4v) is 1.11. The summed E-state index contributed by atoms with van der Waals surface area (Å²) in [4.78, 5) is 25.8. The summed E-state index contributed by atoms with van der Waals surface area (Å²) in [5.41, 5.74) is -0.0228. The molecule has 0 aliphatic rings. The van der Waals surface area contributed by atoms with Gasteiger partial charge in [0.1, 0.15) is 5.82 Å². The third-order valence-electron chi connectivity index (χ3n) is 1.53. The Kier molecular flexibility index (Phi) is 3.62. The largest absolute Gasteiger partial charge is 0.464 e. The minimum Gasteiger partial charge on any atom is -0.464 e. The third-order valence-corrected chi connectivity index (χ3v) is 1.83. The molecule has 1 rings (SSSR count). The number of rotatable bonds is 2. The van der Waals surface area contributed by atoms with Gasteiger partial charge in [-0.3, -0.25) is 4.79 Å². The first-order valence-electron chi connectivity index (χ1n) is 4.07. The molecule has 1 amide bonds. The first-order chi connectivity index (χ1) is 7.04. The van der Waals surface area contributed by atoms with Gasteiger partial charge in [-0.05, 0) is 12.1 Å². The number of amides is 1. The predicted molar refractivity (Wildman–Crippen MR) is 54.9 cm³/mol. The van der Waals surface area contributed by atoms with E-state index in [4.69, 9.17) is 11.6 Å². The number of hydrogen-bond acceptors (Lipinski definition) is 4. The van der Waals surface area contributed by atoms with Crippen LogP contribution in [-0.2, 0) is 9.53 Å². The van der Waals surface area contributed by atoms with E-state index in [9.17, 15) is 9.59 Å². The average Bonchev–Trinajstić information content (AvgIpc) is 2.19. The Bertz CT molecular complexity index is 406. The molecular weight excluding hydrogens is 220 g/mol. The second kappa shape index (κ2) is 4.75. The van der Waals surface area contributed by atoms with E-state index in [1.54, 1.807) is 0 Å². The van der Waals surface area contributed by atoms with Gasteiger partial charge in [-0.1, -0.05) is 11.6 Å². The van der Waals surface area contributed by atoms with E-state index in [-0.39, 0.29) is 22.4 Å². The van der Waals surface area contributed by atoms with Crippen molar-refractivity contribution in [2.24, 2.45) is 0 Å². The Morgan fingerprint density at radius 1 is 1.47 bits per heavy atom. The SMILES string of the molecule is COC(=O)c1nc(NC(C)=O)ccc1Cl. The number of hydrogen-bond donors (Lipinski definition) is 1. The highest BCUT2D eigenvalue weighted by molar-refractivity contribution is 6.33. The van der Waals surface area contributed by atoms with Gasteiger partial charge in [-0.2, -0.15) is 0 Å². The molecule has 0 aromatic carbocycles. The Balaban J connectivity index is 3.05. The number of halogens is 1. The molecule has 0 saturated carbocycles. The van der Waals surface area contributed by atoms with Crippen molar-refractivity contribution >= 4 is 29.3 Å². The molecule has 0 aliphatic heterocycles. The lowest BCUT2D eigenvalue weighted by atomic mass is 10.3. The summed E-state index contributed by atoms with van der Waals surface area (Å²) in [5.74, 6) is -0.667. The van der Waals surface area contributed by atoms with Gasteiger partial charge >= 0.3 is 5.97 Å². The maximum absolute atomic E-state index is 11.2. The number of pyridine rings is 1. The number of aromatic nitrogens is 1. The van der Waals surface area contributed by atoms with E-state index in [0.717, 1.165) is 0 Å². The molecule has 15 heavy (non-hydrogen) atoms. The van der Waals surface area contributed by atoms with Gasteiger partial charge in [0.25, 0.3) is 0 Å². The van der Waals surface area contributed by atoms with Crippen LogP contribution < -0.4 is 5.32 Å². The highest BCUT2D eigenvalue weighted by Gasteiger charge is 2.13. The minimum atomic E-state index is -0.646. The van der Waals surface area contributed by atoms with Gasteiger partial charge in [0.05, 0.1) is 12.1 Å². The number of ether oxygens (including phenoxy) is 1. The fourth-order valence-electron chi connectivity index (χ4n) is 0.932. The number of esters is 1. The molecule has 0 aliphatic carbocycles. The van der Waals surface area contributed by atoms with E-state index in [1.807, 2.05) is 0 Å². The highest BCUT2D eigenvalue weighted by Crippen LogP contribution is 2.17. The molecule has 80 valence electrons. The van der Waals surface area contributed by atoms with Crippen LogP contribution in [0.2, 0.25) is 5.02 Å². The van der Waals surface area contributed by atoms with Gasteiger partial charge in [0, 0.05) is 6.92 Å². The van der Waals surface area contributed by atoms with Crippen LogP contribution in [-0.4, -0.2) is 24.0 Å². The van der Waals surface area contributed by atoms with Crippen molar-refractivity contribution in [1.29, 1.82) is 0 Å². The molecule has 0 bridgehead atoms. The molecule has 0 saturated heterocycles. The van der Waals surface area contributed by atoms with Crippen molar-refractivity contribution in [3.63, 3.8) is 0 Å². The molecule has 1 N–H and O–H groups in total. The predicted octanol–water partition coefficient (Wildman–Crippen LogP) is 1.48. The fraction of sp³-hybridized carbons (Fsp3) is 0.222. The lowest BCUT2D eigenvalue weighted by Crippen LogP contribution is -2.11. The average molecular weight is 229 g/mol. The maximum atomic E-state index is 11.2. The van der Waals surface area contributed by atoms with Crippen molar-refractivity contribution in [3.8, 4) is 0 Å². The summed E-state index contributed by atoms with van der Waals surface area (Å²) in [6, 6.07) is 2.96. The van der Waals surface area contributed by atoms with Gasteiger partial charge in [0.2, 0.25) is 5.91 Å². The molecule has 0 fully saturated rings. The number of carbonyl (C=O) groups excluding carboxylic acids is 2. The second-order valence-electron chi connectivity index (χ2n) is 2.70. The molecule has 0 spiro atoms. The molecular formula is C9H9ClN2O3. The van der Waals surface area contributed by atoms with E-state index < -0.39 is 5.97 Å². The number of anilines is 1. The third kappa shape index (κ3) is 2.92. The van der Waals surface area contributed by atoms with Crippen molar-refractivity contribution in [2.75, 3.05) is 12.4 Å². The van der Waals surface area contributed by atoms with E-state index in [2.05, 4.69) is 15.0 Å². The van der Waals surface area contributed by atoms with Gasteiger partial charge in [0.15, 0.2) is 5.69 Å². The topological polar surface area (TPSA) is 68.3 Å². The summed E-state index contributed by atoms with van der Waals surface area (Å²) >= 11 is 5.73. The van der Waals surface area contributed by atoms with Crippen LogP contribution in [0.3, 0.4) is 0 Å². The van der Waals surface area contributed by atoms with Crippen LogP contribution in [0, 0.1) is 0 Å². The number of methoxy groups -OCH3 is 1. The first kappa shape index (κ1) is 11.5. The van der Waals surface area contributed by atoms with Crippen LogP contribution in [0.1, 0.15) is 17.4 Å². The lowest BCUT2D eigenvalue weighted by Gasteiger charge is -2.04. The summed E-state index contributed by atoms with van der Waals surface area (Å²) in [6.07, 6.45) is 0. The smallest absolute Gasteiger partial charge is 0.358 e. The van der Waals surface area contributed by atoms with Crippen LogP contribution in [0.15, 0.2) is 12.1 Å². The van der Waals surface area contributed by atoms with Crippen molar-refractivity contribution < 1.29 is 14.3 Å². The molecule has 6 heteroatoms. The Morgan fingerprint density at radius 2 is 2.13 bits per heavy atom. The minimum absolute atomic E-state index is 0.0228. The zero-order valence-electron chi connectivity index (χ0n) is 8.20. The summed E-state index contributed by atoms with van der Waals surface area (Å²) in [6.45, 7) is 1.34. The number of nitrogens with zero attached hydrogens (tertiary/aromatic N) is 1. The van der Waals surface area contributed by atoms with Gasteiger partial charge in [-0.15, -0.1) is 0 Å². The summed E-state index contributed by atoms with van der Waals surface area (Å²) in [5, 5.41) is 2.61.